The lowest BCUT2D eigenvalue weighted by Gasteiger charge is -2.33. The molecule has 1 aliphatic rings. The van der Waals surface area contributed by atoms with E-state index < -0.39 is 0 Å². The van der Waals surface area contributed by atoms with Gasteiger partial charge in [0.2, 0.25) is 5.91 Å². The van der Waals surface area contributed by atoms with E-state index in [2.05, 4.69) is 21.5 Å². The highest BCUT2D eigenvalue weighted by molar-refractivity contribution is 5.76. The molecule has 1 aliphatic heterocycles. The quantitative estimate of drug-likeness (QED) is 0.816. The second-order valence-corrected chi connectivity index (χ2v) is 6.62. The molecule has 0 bridgehead atoms. The standard InChI is InChI=1S/C19H27N5O2/c1-20-18-13-15(7-9-21-18)3-5-17-14-24(11-12-26-17)19(25)6-4-16-8-10-22-23(16)2/h7-10,13,17H,3-6,11-12,14H2,1-2H3,(H,20,21)/t17-/m1/s1. The first kappa shape index (κ1) is 18.4. The van der Waals surface area contributed by atoms with Crippen LogP contribution in [0.4, 0.5) is 5.82 Å². The Balaban J connectivity index is 1.47. The average molecular weight is 357 g/mol. The fourth-order valence-corrected chi connectivity index (χ4v) is 3.25. The van der Waals surface area contributed by atoms with E-state index in [-0.39, 0.29) is 12.0 Å². The number of hydrogen-bond donors (Lipinski definition) is 1. The number of aryl methyl sites for hydroxylation is 3. The van der Waals surface area contributed by atoms with Crippen LogP contribution in [0.25, 0.3) is 0 Å². The number of aromatic nitrogens is 3. The van der Waals surface area contributed by atoms with E-state index in [1.54, 1.807) is 6.20 Å². The highest BCUT2D eigenvalue weighted by Crippen LogP contribution is 2.15. The minimum Gasteiger partial charge on any atom is -0.375 e. The van der Waals surface area contributed by atoms with Crippen molar-refractivity contribution in [3.05, 3.63) is 41.9 Å². The Kier molecular flexibility index (Phi) is 6.22. The van der Waals surface area contributed by atoms with Crippen LogP contribution in [0.3, 0.4) is 0 Å². The van der Waals surface area contributed by atoms with Crippen molar-refractivity contribution in [1.82, 2.24) is 19.7 Å². The zero-order valence-corrected chi connectivity index (χ0v) is 15.5. The zero-order valence-electron chi connectivity index (χ0n) is 15.5. The van der Waals surface area contributed by atoms with Gasteiger partial charge in [-0.3, -0.25) is 9.48 Å². The fourth-order valence-electron chi connectivity index (χ4n) is 3.25. The lowest BCUT2D eigenvalue weighted by atomic mass is 10.1. The molecule has 1 saturated heterocycles. The molecule has 0 unspecified atom stereocenters. The number of morpholine rings is 1. The van der Waals surface area contributed by atoms with Crippen LogP contribution in [-0.4, -0.2) is 58.4 Å². The zero-order chi connectivity index (χ0) is 18.4. The van der Waals surface area contributed by atoms with Crippen LogP contribution < -0.4 is 5.32 Å². The van der Waals surface area contributed by atoms with E-state index in [1.165, 1.54) is 5.56 Å². The molecule has 1 amide bonds. The number of ether oxygens (including phenoxy) is 1. The van der Waals surface area contributed by atoms with Gasteiger partial charge in [-0.05, 0) is 43.0 Å². The normalized spacial score (nSPS) is 17.3. The minimum absolute atomic E-state index is 0.0932. The highest BCUT2D eigenvalue weighted by atomic mass is 16.5. The monoisotopic (exact) mass is 357 g/mol. The van der Waals surface area contributed by atoms with Gasteiger partial charge in [0.15, 0.2) is 0 Å². The maximum absolute atomic E-state index is 12.5. The van der Waals surface area contributed by atoms with Crippen molar-refractivity contribution in [2.45, 2.75) is 31.8 Å². The van der Waals surface area contributed by atoms with Crippen molar-refractivity contribution >= 4 is 11.7 Å². The van der Waals surface area contributed by atoms with Gasteiger partial charge in [-0.15, -0.1) is 0 Å². The average Bonchev–Trinajstić information content (AvgIpc) is 3.09. The Morgan fingerprint density at radius 3 is 3.00 bits per heavy atom. The van der Waals surface area contributed by atoms with Gasteiger partial charge in [0.05, 0.1) is 12.7 Å². The number of anilines is 1. The van der Waals surface area contributed by atoms with Crippen LogP contribution in [0.15, 0.2) is 30.6 Å². The molecular formula is C19H27N5O2. The SMILES string of the molecule is CNc1cc(CC[C@@H]2CN(C(=O)CCc3ccnn3C)CCO2)ccn1. The summed E-state index contributed by atoms with van der Waals surface area (Å²) in [5, 5.41) is 7.20. The topological polar surface area (TPSA) is 72.3 Å². The number of amides is 1. The largest absolute Gasteiger partial charge is 0.375 e. The van der Waals surface area contributed by atoms with Crippen LogP contribution >= 0.6 is 0 Å². The second kappa shape index (κ2) is 8.80. The number of nitrogens with zero attached hydrogens (tertiary/aromatic N) is 4. The number of nitrogens with one attached hydrogen (secondary N) is 1. The van der Waals surface area contributed by atoms with Crippen molar-refractivity contribution in [1.29, 1.82) is 0 Å². The van der Waals surface area contributed by atoms with Crippen LogP contribution in [0.2, 0.25) is 0 Å². The molecule has 1 atom stereocenters. The molecule has 3 rings (SSSR count). The molecule has 0 spiro atoms. The molecule has 7 nitrogen and oxygen atoms in total. The van der Waals surface area contributed by atoms with Gasteiger partial charge < -0.3 is 15.0 Å². The molecule has 7 heteroatoms. The van der Waals surface area contributed by atoms with Gasteiger partial charge in [-0.25, -0.2) is 4.98 Å². The Labute approximate surface area is 154 Å². The molecule has 3 heterocycles. The Bertz CT molecular complexity index is 730. The summed E-state index contributed by atoms with van der Waals surface area (Å²) in [6.07, 6.45) is 6.73. The van der Waals surface area contributed by atoms with Gasteiger partial charge >= 0.3 is 0 Å². The predicted molar refractivity (Wildman–Crippen MR) is 100.0 cm³/mol. The summed E-state index contributed by atoms with van der Waals surface area (Å²) in [5.41, 5.74) is 2.31. The predicted octanol–water partition coefficient (Wildman–Crippen LogP) is 1.65. The van der Waals surface area contributed by atoms with Crippen molar-refractivity contribution < 1.29 is 9.53 Å². The third kappa shape index (κ3) is 4.82. The molecule has 2 aromatic heterocycles. The van der Waals surface area contributed by atoms with Crippen LogP contribution in [0.1, 0.15) is 24.1 Å². The Hall–Kier alpha value is -2.41. The molecule has 26 heavy (non-hydrogen) atoms. The van der Waals surface area contributed by atoms with Gasteiger partial charge in [-0.1, -0.05) is 0 Å². The summed E-state index contributed by atoms with van der Waals surface area (Å²) in [6.45, 7) is 1.97. The lowest BCUT2D eigenvalue weighted by Crippen LogP contribution is -2.45. The molecule has 1 N–H and O–H groups in total. The van der Waals surface area contributed by atoms with Crippen molar-refractivity contribution in [2.75, 3.05) is 32.1 Å². The number of carbonyl (C=O) groups is 1. The van der Waals surface area contributed by atoms with Crippen LogP contribution in [0.5, 0.6) is 0 Å². The Morgan fingerprint density at radius 1 is 1.35 bits per heavy atom. The summed E-state index contributed by atoms with van der Waals surface area (Å²) in [5.74, 6) is 1.07. The first-order valence-corrected chi connectivity index (χ1v) is 9.14. The molecule has 1 fully saturated rings. The van der Waals surface area contributed by atoms with Crippen molar-refractivity contribution in [3.63, 3.8) is 0 Å². The van der Waals surface area contributed by atoms with Crippen LogP contribution in [-0.2, 0) is 29.4 Å². The second-order valence-electron chi connectivity index (χ2n) is 6.62. The maximum atomic E-state index is 12.5. The maximum Gasteiger partial charge on any atom is 0.223 e. The van der Waals surface area contributed by atoms with E-state index >= 15 is 0 Å². The number of rotatable bonds is 7. The number of pyridine rings is 1. The third-order valence-corrected chi connectivity index (χ3v) is 4.84. The van der Waals surface area contributed by atoms with Gasteiger partial charge in [0.25, 0.3) is 0 Å². The molecular weight excluding hydrogens is 330 g/mol. The highest BCUT2D eigenvalue weighted by Gasteiger charge is 2.24. The Morgan fingerprint density at radius 2 is 2.23 bits per heavy atom. The van der Waals surface area contributed by atoms with Crippen molar-refractivity contribution in [3.8, 4) is 0 Å². The summed E-state index contributed by atoms with van der Waals surface area (Å²) in [7, 11) is 3.77. The first-order chi connectivity index (χ1) is 12.7. The third-order valence-electron chi connectivity index (χ3n) is 4.84. The lowest BCUT2D eigenvalue weighted by molar-refractivity contribution is -0.138. The summed E-state index contributed by atoms with van der Waals surface area (Å²) in [6, 6.07) is 6.05. The molecule has 0 saturated carbocycles. The molecule has 2 aromatic rings. The summed E-state index contributed by atoms with van der Waals surface area (Å²) >= 11 is 0. The smallest absolute Gasteiger partial charge is 0.223 e. The minimum atomic E-state index is 0.0932. The van der Waals surface area contributed by atoms with E-state index in [0.717, 1.165) is 30.8 Å². The summed E-state index contributed by atoms with van der Waals surface area (Å²) in [4.78, 5) is 18.7. The molecule has 0 aliphatic carbocycles. The summed E-state index contributed by atoms with van der Waals surface area (Å²) < 4.78 is 7.69. The fraction of sp³-hybridized carbons (Fsp3) is 0.526. The van der Waals surface area contributed by atoms with E-state index in [1.807, 2.05) is 42.0 Å². The van der Waals surface area contributed by atoms with Crippen LogP contribution in [0, 0.1) is 0 Å². The molecule has 0 aromatic carbocycles. The van der Waals surface area contributed by atoms with Crippen molar-refractivity contribution in [2.24, 2.45) is 7.05 Å². The van der Waals surface area contributed by atoms with E-state index in [4.69, 9.17) is 4.74 Å². The molecule has 0 radical (unpaired) electrons. The van der Waals surface area contributed by atoms with E-state index in [0.29, 0.717) is 26.1 Å². The van der Waals surface area contributed by atoms with Gasteiger partial charge in [0, 0.05) is 51.7 Å². The van der Waals surface area contributed by atoms with Gasteiger partial charge in [0.1, 0.15) is 5.82 Å². The van der Waals surface area contributed by atoms with Gasteiger partial charge in [-0.2, -0.15) is 5.10 Å². The number of hydrogen-bond acceptors (Lipinski definition) is 5. The first-order valence-electron chi connectivity index (χ1n) is 9.14. The number of carbonyl (C=O) groups excluding carboxylic acids is 1. The molecule has 140 valence electrons. The van der Waals surface area contributed by atoms with E-state index in [9.17, 15) is 4.79 Å².